The molecular formula is C17H15ClFNO3. The Kier molecular flexibility index (Phi) is 5.34. The van der Waals surface area contributed by atoms with Crippen molar-refractivity contribution in [3.63, 3.8) is 0 Å². The fraction of sp³-hybridized carbons (Fsp3) is 0.176. The number of esters is 1. The van der Waals surface area contributed by atoms with Gasteiger partial charge in [0.05, 0.1) is 16.3 Å². The number of aryl methyl sites for hydroxylation is 1. The molecule has 2 aromatic carbocycles. The summed E-state index contributed by atoms with van der Waals surface area (Å²) in [5, 5.41) is 2.94. The van der Waals surface area contributed by atoms with Crippen LogP contribution in [-0.2, 0) is 9.53 Å². The zero-order chi connectivity index (χ0) is 17.0. The zero-order valence-electron chi connectivity index (χ0n) is 12.6. The monoisotopic (exact) mass is 335 g/mol. The van der Waals surface area contributed by atoms with Crippen molar-refractivity contribution < 1.29 is 18.7 Å². The van der Waals surface area contributed by atoms with Crippen LogP contribution in [0.3, 0.4) is 0 Å². The highest BCUT2D eigenvalue weighted by molar-refractivity contribution is 6.33. The minimum absolute atomic E-state index is 0.0468. The second kappa shape index (κ2) is 7.24. The molecule has 0 aliphatic heterocycles. The highest BCUT2D eigenvalue weighted by atomic mass is 35.5. The van der Waals surface area contributed by atoms with Crippen molar-refractivity contribution >= 4 is 29.2 Å². The first-order valence-electron chi connectivity index (χ1n) is 6.91. The molecule has 0 bridgehead atoms. The second-order valence-corrected chi connectivity index (χ2v) is 5.39. The van der Waals surface area contributed by atoms with Gasteiger partial charge in [-0.1, -0.05) is 29.8 Å². The van der Waals surface area contributed by atoms with E-state index in [1.165, 1.54) is 19.1 Å². The normalized spacial score (nSPS) is 11.7. The molecule has 2 rings (SSSR count). The van der Waals surface area contributed by atoms with Crippen molar-refractivity contribution in [2.75, 3.05) is 5.32 Å². The van der Waals surface area contributed by atoms with Crippen LogP contribution < -0.4 is 5.32 Å². The number of carbonyl (C=O) groups excluding carboxylic acids is 2. The summed E-state index contributed by atoms with van der Waals surface area (Å²) >= 11 is 5.94. The maximum atomic E-state index is 13.5. The molecule has 0 radical (unpaired) electrons. The molecule has 0 fully saturated rings. The molecule has 0 saturated carbocycles. The lowest BCUT2D eigenvalue weighted by molar-refractivity contribution is -0.123. The molecule has 2 aromatic rings. The first-order chi connectivity index (χ1) is 10.9. The highest BCUT2D eigenvalue weighted by Crippen LogP contribution is 2.21. The Bertz CT molecular complexity index is 748. The van der Waals surface area contributed by atoms with E-state index in [9.17, 15) is 14.0 Å². The summed E-state index contributed by atoms with van der Waals surface area (Å²) in [6, 6.07) is 10.7. The van der Waals surface area contributed by atoms with E-state index < -0.39 is 23.8 Å². The van der Waals surface area contributed by atoms with E-state index >= 15 is 0 Å². The van der Waals surface area contributed by atoms with Gasteiger partial charge in [-0.15, -0.1) is 0 Å². The molecule has 23 heavy (non-hydrogen) atoms. The minimum Gasteiger partial charge on any atom is -0.449 e. The van der Waals surface area contributed by atoms with E-state index in [0.29, 0.717) is 16.3 Å². The van der Waals surface area contributed by atoms with Crippen LogP contribution in [0.15, 0.2) is 42.5 Å². The number of ether oxygens (including phenoxy) is 1. The number of anilines is 1. The van der Waals surface area contributed by atoms with Crippen LogP contribution in [0.2, 0.25) is 5.02 Å². The predicted molar refractivity (Wildman–Crippen MR) is 86.1 cm³/mol. The van der Waals surface area contributed by atoms with Crippen LogP contribution in [0.5, 0.6) is 0 Å². The van der Waals surface area contributed by atoms with E-state index in [1.807, 2.05) is 0 Å². The molecular weight excluding hydrogens is 321 g/mol. The summed E-state index contributed by atoms with van der Waals surface area (Å²) in [4.78, 5) is 24.0. The fourth-order valence-corrected chi connectivity index (χ4v) is 1.98. The average molecular weight is 336 g/mol. The number of carbonyl (C=O) groups is 2. The van der Waals surface area contributed by atoms with Crippen molar-refractivity contribution in [3.05, 3.63) is 64.4 Å². The minimum atomic E-state index is -1.05. The van der Waals surface area contributed by atoms with Gasteiger partial charge in [0.15, 0.2) is 6.10 Å². The molecule has 4 nitrogen and oxygen atoms in total. The SMILES string of the molecule is Cc1ccc(C(=O)O[C@H](C)C(=O)Nc2ccccc2Cl)cc1F. The summed E-state index contributed by atoms with van der Waals surface area (Å²) in [5.74, 6) is -1.81. The van der Waals surface area contributed by atoms with Crippen molar-refractivity contribution in [1.82, 2.24) is 0 Å². The van der Waals surface area contributed by atoms with Crippen LogP contribution in [0, 0.1) is 12.7 Å². The van der Waals surface area contributed by atoms with E-state index in [2.05, 4.69) is 5.32 Å². The number of halogens is 2. The quantitative estimate of drug-likeness (QED) is 0.860. The predicted octanol–water partition coefficient (Wildman–Crippen LogP) is 3.97. The average Bonchev–Trinajstić information content (AvgIpc) is 2.52. The van der Waals surface area contributed by atoms with E-state index in [0.717, 1.165) is 6.07 Å². The smallest absolute Gasteiger partial charge is 0.339 e. The standard InChI is InChI=1S/C17H15ClFNO3/c1-10-7-8-12(9-14(10)19)17(22)23-11(2)16(21)20-15-6-4-3-5-13(15)18/h3-9,11H,1-2H3,(H,20,21)/t11-/m1/s1. The number of hydrogen-bond acceptors (Lipinski definition) is 3. The molecule has 0 spiro atoms. The number of para-hydroxylation sites is 1. The van der Waals surface area contributed by atoms with Crippen LogP contribution in [0.25, 0.3) is 0 Å². The molecule has 120 valence electrons. The second-order valence-electron chi connectivity index (χ2n) is 4.98. The van der Waals surface area contributed by atoms with Gasteiger partial charge in [0, 0.05) is 0 Å². The lowest BCUT2D eigenvalue weighted by Crippen LogP contribution is -2.30. The van der Waals surface area contributed by atoms with Gasteiger partial charge < -0.3 is 10.1 Å². The highest BCUT2D eigenvalue weighted by Gasteiger charge is 2.20. The van der Waals surface area contributed by atoms with Crippen molar-refractivity contribution in [3.8, 4) is 0 Å². The van der Waals surface area contributed by atoms with Gasteiger partial charge in [-0.25, -0.2) is 9.18 Å². The Morgan fingerprint density at radius 3 is 2.57 bits per heavy atom. The number of hydrogen-bond donors (Lipinski definition) is 1. The Balaban J connectivity index is 2.01. The molecule has 0 aromatic heterocycles. The third-order valence-corrected chi connectivity index (χ3v) is 3.52. The summed E-state index contributed by atoms with van der Waals surface area (Å²) in [7, 11) is 0. The van der Waals surface area contributed by atoms with Crippen molar-refractivity contribution in [1.29, 1.82) is 0 Å². The number of nitrogens with one attached hydrogen (secondary N) is 1. The third-order valence-electron chi connectivity index (χ3n) is 3.19. The molecule has 6 heteroatoms. The van der Waals surface area contributed by atoms with Gasteiger partial charge in [0.1, 0.15) is 5.82 Å². The molecule has 0 aliphatic carbocycles. The number of amides is 1. The van der Waals surface area contributed by atoms with Crippen LogP contribution >= 0.6 is 11.6 Å². The largest absolute Gasteiger partial charge is 0.449 e. The van der Waals surface area contributed by atoms with Crippen molar-refractivity contribution in [2.45, 2.75) is 20.0 Å². The zero-order valence-corrected chi connectivity index (χ0v) is 13.4. The molecule has 0 unspecified atom stereocenters. The molecule has 1 atom stereocenters. The summed E-state index contributed by atoms with van der Waals surface area (Å²) in [6.07, 6.45) is -1.05. The first-order valence-corrected chi connectivity index (χ1v) is 7.29. The Morgan fingerprint density at radius 2 is 1.91 bits per heavy atom. The Labute approximate surface area is 138 Å². The van der Waals surface area contributed by atoms with Gasteiger partial charge in [0.2, 0.25) is 0 Å². The molecule has 1 N–H and O–H groups in total. The van der Waals surface area contributed by atoms with Gasteiger partial charge in [-0.3, -0.25) is 4.79 Å². The number of rotatable bonds is 4. The summed E-state index contributed by atoms with van der Waals surface area (Å²) in [5.41, 5.74) is 0.889. The van der Waals surface area contributed by atoms with Gasteiger partial charge >= 0.3 is 5.97 Å². The van der Waals surface area contributed by atoms with Gasteiger partial charge in [0.25, 0.3) is 5.91 Å². The maximum Gasteiger partial charge on any atom is 0.339 e. The maximum absolute atomic E-state index is 13.5. The van der Waals surface area contributed by atoms with Crippen LogP contribution in [0.4, 0.5) is 10.1 Å². The van der Waals surface area contributed by atoms with Gasteiger partial charge in [-0.05, 0) is 43.7 Å². The lowest BCUT2D eigenvalue weighted by Gasteiger charge is -2.14. The lowest BCUT2D eigenvalue weighted by atomic mass is 10.1. The first kappa shape index (κ1) is 17.0. The van der Waals surface area contributed by atoms with Crippen molar-refractivity contribution in [2.24, 2.45) is 0 Å². The van der Waals surface area contributed by atoms with E-state index in [1.54, 1.807) is 31.2 Å². The molecule has 0 heterocycles. The Hall–Kier alpha value is -2.40. The Morgan fingerprint density at radius 1 is 1.22 bits per heavy atom. The number of benzene rings is 2. The summed E-state index contributed by atoms with van der Waals surface area (Å²) < 4.78 is 18.5. The topological polar surface area (TPSA) is 55.4 Å². The third kappa shape index (κ3) is 4.29. The molecule has 0 aliphatic rings. The van der Waals surface area contributed by atoms with Gasteiger partial charge in [-0.2, -0.15) is 0 Å². The van der Waals surface area contributed by atoms with Crippen LogP contribution in [0.1, 0.15) is 22.8 Å². The molecule has 0 saturated heterocycles. The van der Waals surface area contributed by atoms with E-state index in [4.69, 9.17) is 16.3 Å². The summed E-state index contributed by atoms with van der Waals surface area (Å²) in [6.45, 7) is 3.01. The fourth-order valence-electron chi connectivity index (χ4n) is 1.80. The molecule has 1 amide bonds. The van der Waals surface area contributed by atoms with Crippen LogP contribution in [-0.4, -0.2) is 18.0 Å². The van der Waals surface area contributed by atoms with E-state index in [-0.39, 0.29) is 5.56 Å².